The van der Waals surface area contributed by atoms with Crippen molar-refractivity contribution >= 4 is 5.84 Å². The van der Waals surface area contributed by atoms with Gasteiger partial charge in [0, 0.05) is 38.9 Å². The molecule has 116 valence electrons. The smallest absolute Gasteiger partial charge is 0.156 e. The fraction of sp³-hybridized carbons (Fsp3) is 0.600. The van der Waals surface area contributed by atoms with Crippen molar-refractivity contribution in [1.82, 2.24) is 14.8 Å². The molecule has 1 saturated heterocycles. The van der Waals surface area contributed by atoms with Crippen molar-refractivity contribution < 1.29 is 5.21 Å². The highest BCUT2D eigenvalue weighted by atomic mass is 16.4. The van der Waals surface area contributed by atoms with Gasteiger partial charge in [0.1, 0.15) is 0 Å². The van der Waals surface area contributed by atoms with Gasteiger partial charge in [0.15, 0.2) is 5.84 Å². The third-order valence-corrected chi connectivity index (χ3v) is 3.98. The molecule has 0 spiro atoms. The van der Waals surface area contributed by atoms with Gasteiger partial charge in [-0.1, -0.05) is 24.6 Å². The number of piperazine rings is 1. The topological polar surface area (TPSA) is 78.0 Å². The van der Waals surface area contributed by atoms with Gasteiger partial charge in [-0.25, -0.2) is 0 Å². The number of hydrogen-bond donors (Lipinski definition) is 2. The zero-order valence-corrected chi connectivity index (χ0v) is 12.6. The van der Waals surface area contributed by atoms with Gasteiger partial charge >= 0.3 is 0 Å². The van der Waals surface area contributed by atoms with E-state index in [0.29, 0.717) is 5.84 Å². The molecule has 0 aliphatic carbocycles. The molecule has 1 aliphatic rings. The number of rotatable bonds is 6. The summed E-state index contributed by atoms with van der Waals surface area (Å²) < 4.78 is 0. The molecule has 2 heterocycles. The van der Waals surface area contributed by atoms with Crippen LogP contribution in [-0.2, 0) is 6.54 Å². The van der Waals surface area contributed by atoms with E-state index in [1.807, 2.05) is 18.3 Å². The Bertz CT molecular complexity index is 443. The number of nitrogens with two attached hydrogens (primary N) is 1. The first-order chi connectivity index (χ1) is 10.2. The van der Waals surface area contributed by atoms with Crippen LogP contribution in [0.4, 0.5) is 0 Å². The van der Waals surface area contributed by atoms with E-state index in [0.717, 1.165) is 51.3 Å². The summed E-state index contributed by atoms with van der Waals surface area (Å²) in [5.41, 5.74) is 6.93. The van der Waals surface area contributed by atoms with Crippen molar-refractivity contribution in [3.05, 3.63) is 30.1 Å². The molecule has 6 nitrogen and oxygen atoms in total. The van der Waals surface area contributed by atoms with Crippen LogP contribution in [0.3, 0.4) is 0 Å². The molecule has 2 rings (SSSR count). The first-order valence-corrected chi connectivity index (χ1v) is 7.58. The predicted octanol–water partition coefficient (Wildman–Crippen LogP) is 1.11. The second-order valence-corrected chi connectivity index (χ2v) is 5.46. The average Bonchev–Trinajstić information content (AvgIpc) is 2.54. The second kappa shape index (κ2) is 7.95. The number of pyridine rings is 1. The van der Waals surface area contributed by atoms with E-state index in [2.05, 4.69) is 32.9 Å². The summed E-state index contributed by atoms with van der Waals surface area (Å²) in [6, 6.07) is 6.07. The van der Waals surface area contributed by atoms with Crippen LogP contribution in [0.5, 0.6) is 0 Å². The first-order valence-electron chi connectivity index (χ1n) is 7.58. The van der Waals surface area contributed by atoms with Gasteiger partial charge in [-0.15, -0.1) is 0 Å². The Morgan fingerprint density at radius 1 is 1.38 bits per heavy atom. The molecule has 1 aromatic heterocycles. The molecule has 0 saturated carbocycles. The number of hydrogen-bond acceptors (Lipinski definition) is 5. The minimum atomic E-state index is 0.0528. The summed E-state index contributed by atoms with van der Waals surface area (Å²) in [6.07, 6.45) is 3.78. The van der Waals surface area contributed by atoms with E-state index < -0.39 is 0 Å². The summed E-state index contributed by atoms with van der Waals surface area (Å²) in [5, 5.41) is 12.1. The lowest BCUT2D eigenvalue weighted by atomic mass is 10.1. The van der Waals surface area contributed by atoms with Gasteiger partial charge in [-0.2, -0.15) is 0 Å². The Balaban J connectivity index is 1.87. The highest BCUT2D eigenvalue weighted by Gasteiger charge is 2.26. The molecule has 21 heavy (non-hydrogen) atoms. The van der Waals surface area contributed by atoms with Crippen LogP contribution in [0, 0.1) is 0 Å². The Kier molecular flexibility index (Phi) is 5.95. The lowest BCUT2D eigenvalue weighted by molar-refractivity contribution is 0.107. The van der Waals surface area contributed by atoms with E-state index in [9.17, 15) is 0 Å². The zero-order valence-electron chi connectivity index (χ0n) is 12.6. The Labute approximate surface area is 126 Å². The maximum atomic E-state index is 8.93. The van der Waals surface area contributed by atoms with E-state index in [1.54, 1.807) is 0 Å². The maximum Gasteiger partial charge on any atom is 0.156 e. The quantitative estimate of drug-likeness (QED) is 0.355. The third-order valence-electron chi connectivity index (χ3n) is 3.98. The standard InChI is InChI=1S/C15H25N5O/c1-2-5-14(15(16)18-21)20-10-8-19(9-11-20)12-13-6-3-4-7-17-13/h3-4,6-7,14,21H,2,5,8-12H2,1H3,(H2,16,18). The van der Waals surface area contributed by atoms with Crippen molar-refractivity contribution in [3.8, 4) is 0 Å². The second-order valence-electron chi connectivity index (χ2n) is 5.46. The minimum Gasteiger partial charge on any atom is -0.409 e. The van der Waals surface area contributed by atoms with Crippen LogP contribution in [0.1, 0.15) is 25.5 Å². The van der Waals surface area contributed by atoms with Gasteiger partial charge < -0.3 is 10.9 Å². The Morgan fingerprint density at radius 3 is 2.71 bits per heavy atom. The van der Waals surface area contributed by atoms with Crippen LogP contribution < -0.4 is 5.73 Å². The lowest BCUT2D eigenvalue weighted by Gasteiger charge is -2.38. The van der Waals surface area contributed by atoms with Crippen molar-refractivity contribution in [2.45, 2.75) is 32.4 Å². The summed E-state index contributed by atoms with van der Waals surface area (Å²) in [4.78, 5) is 9.08. The molecule has 3 N–H and O–H groups in total. The van der Waals surface area contributed by atoms with Crippen molar-refractivity contribution in [2.24, 2.45) is 10.9 Å². The summed E-state index contributed by atoms with van der Waals surface area (Å²) >= 11 is 0. The molecule has 6 heteroatoms. The average molecular weight is 291 g/mol. The third kappa shape index (κ3) is 4.41. The van der Waals surface area contributed by atoms with Crippen LogP contribution in [-0.4, -0.2) is 58.0 Å². The van der Waals surface area contributed by atoms with Crippen molar-refractivity contribution in [2.75, 3.05) is 26.2 Å². The molecular weight excluding hydrogens is 266 g/mol. The molecule has 0 radical (unpaired) electrons. The number of oxime groups is 1. The van der Waals surface area contributed by atoms with Crippen LogP contribution in [0.2, 0.25) is 0 Å². The lowest BCUT2D eigenvalue weighted by Crippen LogP contribution is -2.53. The van der Waals surface area contributed by atoms with Gasteiger partial charge in [0.05, 0.1) is 11.7 Å². The van der Waals surface area contributed by atoms with Gasteiger partial charge in [0.2, 0.25) is 0 Å². The van der Waals surface area contributed by atoms with Gasteiger partial charge in [0.25, 0.3) is 0 Å². The highest BCUT2D eigenvalue weighted by Crippen LogP contribution is 2.13. The normalized spacial score (nSPS) is 19.6. The molecule has 1 atom stereocenters. The number of amidine groups is 1. The van der Waals surface area contributed by atoms with Gasteiger partial charge in [-0.05, 0) is 18.6 Å². The summed E-state index contributed by atoms with van der Waals surface area (Å²) in [5.74, 6) is 0.329. The minimum absolute atomic E-state index is 0.0528. The van der Waals surface area contributed by atoms with Crippen LogP contribution >= 0.6 is 0 Å². The molecular formula is C15H25N5O. The van der Waals surface area contributed by atoms with E-state index in [1.165, 1.54) is 0 Å². The first kappa shape index (κ1) is 15.7. The highest BCUT2D eigenvalue weighted by molar-refractivity contribution is 5.85. The number of aromatic nitrogens is 1. The monoisotopic (exact) mass is 291 g/mol. The SMILES string of the molecule is CCCC(C(N)=NO)N1CCN(Cc2ccccn2)CC1. The molecule has 0 aromatic carbocycles. The fourth-order valence-electron chi connectivity index (χ4n) is 2.81. The fourth-order valence-corrected chi connectivity index (χ4v) is 2.81. The van der Waals surface area contributed by atoms with Crippen molar-refractivity contribution in [1.29, 1.82) is 0 Å². The summed E-state index contributed by atoms with van der Waals surface area (Å²) in [7, 11) is 0. The van der Waals surface area contributed by atoms with Crippen molar-refractivity contribution in [3.63, 3.8) is 0 Å². The molecule has 1 fully saturated rings. The molecule has 0 bridgehead atoms. The van der Waals surface area contributed by atoms with E-state index >= 15 is 0 Å². The zero-order chi connectivity index (χ0) is 15.1. The maximum absolute atomic E-state index is 8.93. The predicted molar refractivity (Wildman–Crippen MR) is 83.2 cm³/mol. The Morgan fingerprint density at radius 2 is 2.14 bits per heavy atom. The molecule has 0 amide bonds. The molecule has 1 unspecified atom stereocenters. The van der Waals surface area contributed by atoms with E-state index in [4.69, 9.17) is 10.9 Å². The van der Waals surface area contributed by atoms with Crippen LogP contribution in [0.15, 0.2) is 29.6 Å². The summed E-state index contributed by atoms with van der Waals surface area (Å²) in [6.45, 7) is 6.85. The van der Waals surface area contributed by atoms with Crippen LogP contribution in [0.25, 0.3) is 0 Å². The molecule has 1 aromatic rings. The largest absolute Gasteiger partial charge is 0.409 e. The Hall–Kier alpha value is -1.66. The van der Waals surface area contributed by atoms with Gasteiger partial charge in [-0.3, -0.25) is 14.8 Å². The number of nitrogens with zero attached hydrogens (tertiary/aromatic N) is 4. The molecule has 1 aliphatic heterocycles. The van der Waals surface area contributed by atoms with E-state index in [-0.39, 0.29) is 6.04 Å².